The highest BCUT2D eigenvalue weighted by atomic mass is 32.1. The van der Waals surface area contributed by atoms with Crippen LogP contribution in [0, 0.1) is 0 Å². The van der Waals surface area contributed by atoms with Crippen LogP contribution in [-0.2, 0) is 0 Å². The van der Waals surface area contributed by atoms with Gasteiger partial charge in [-0.2, -0.15) is 0 Å². The van der Waals surface area contributed by atoms with Gasteiger partial charge in [0.05, 0.1) is 0 Å². The molecule has 6 aromatic carbocycles. The molecule has 4 heteroatoms. The number of thiophene rings is 2. The first-order chi connectivity index (χ1) is 24.8. The van der Waals surface area contributed by atoms with Crippen LogP contribution in [0.3, 0.4) is 0 Å². The van der Waals surface area contributed by atoms with Gasteiger partial charge in [-0.15, -0.1) is 22.7 Å². The molecule has 0 amide bonds. The van der Waals surface area contributed by atoms with Crippen LogP contribution in [0.4, 0.5) is 32.8 Å². The minimum atomic E-state index is 1.15. The summed E-state index contributed by atoms with van der Waals surface area (Å²) in [5.74, 6) is 0. The van der Waals surface area contributed by atoms with Gasteiger partial charge in [-0.05, 0) is 95.1 Å². The molecule has 2 nitrogen and oxygen atoms in total. The maximum absolute atomic E-state index is 2.32. The number of anilines is 6. The predicted molar refractivity (Wildman–Crippen MR) is 218 cm³/mol. The van der Waals surface area contributed by atoms with E-state index in [0.717, 1.165) is 22.7 Å². The molecule has 240 valence electrons. The van der Waals surface area contributed by atoms with Gasteiger partial charge in [-0.3, -0.25) is 0 Å². The Morgan fingerprint density at radius 3 is 0.900 bits per heavy atom. The largest absolute Gasteiger partial charge is 0.302 e. The summed E-state index contributed by atoms with van der Waals surface area (Å²) in [7, 11) is 0. The number of rotatable bonds is 10. The van der Waals surface area contributed by atoms with E-state index < -0.39 is 0 Å². The Kier molecular flexibility index (Phi) is 9.19. The zero-order valence-electron chi connectivity index (χ0n) is 27.3. The monoisotopic (exact) mass is 678 g/mol. The molecule has 0 saturated heterocycles. The van der Waals surface area contributed by atoms with E-state index in [4.69, 9.17) is 0 Å². The van der Waals surface area contributed by atoms with Crippen molar-refractivity contribution in [2.75, 3.05) is 9.80 Å². The Balaban J connectivity index is 0.962. The lowest BCUT2D eigenvalue weighted by Crippen LogP contribution is -2.07. The summed E-state index contributed by atoms with van der Waals surface area (Å²) in [4.78, 5) is 7.13. The van der Waals surface area contributed by atoms with Crippen LogP contribution < -0.4 is 9.80 Å². The van der Waals surface area contributed by atoms with Gasteiger partial charge in [0.2, 0.25) is 0 Å². The van der Waals surface area contributed by atoms with Gasteiger partial charge < -0.3 is 9.80 Å². The number of hydrogen-bond acceptors (Lipinski definition) is 4. The molecule has 0 bridgehead atoms. The Labute approximate surface area is 302 Å². The quantitative estimate of drug-likeness (QED) is 0.133. The first-order valence-electron chi connectivity index (χ1n) is 16.7. The fourth-order valence-electron chi connectivity index (χ4n) is 6.03. The molecule has 0 radical (unpaired) electrons. The summed E-state index contributed by atoms with van der Waals surface area (Å²) in [6.45, 7) is 0. The van der Waals surface area contributed by atoms with E-state index in [1.165, 1.54) is 42.0 Å². The van der Waals surface area contributed by atoms with Gasteiger partial charge in [0.15, 0.2) is 0 Å². The molecule has 0 aliphatic rings. The second-order valence-electron chi connectivity index (χ2n) is 11.9. The molecule has 0 fully saturated rings. The smallest absolute Gasteiger partial charge is 0.101 e. The van der Waals surface area contributed by atoms with Crippen LogP contribution in [0.15, 0.2) is 194 Å². The minimum Gasteiger partial charge on any atom is -0.302 e. The summed E-state index contributed by atoms with van der Waals surface area (Å²) in [5, 5.41) is 2.38. The van der Waals surface area contributed by atoms with Crippen molar-refractivity contribution in [1.29, 1.82) is 0 Å². The molecule has 2 heterocycles. The van der Waals surface area contributed by atoms with Crippen molar-refractivity contribution in [2.24, 2.45) is 0 Å². The molecule has 0 atom stereocenters. The summed E-state index contributed by atoms with van der Waals surface area (Å²) in [5.41, 5.74) is 9.40. The maximum Gasteiger partial charge on any atom is 0.101 e. The fourth-order valence-corrected chi connectivity index (χ4v) is 8.14. The summed E-state index contributed by atoms with van der Waals surface area (Å²) in [6, 6.07) is 68.8. The lowest BCUT2D eigenvalue weighted by molar-refractivity contribution is 1.32. The normalized spacial score (nSPS) is 11.1. The van der Waals surface area contributed by atoms with Crippen molar-refractivity contribution in [3.05, 3.63) is 205 Å². The van der Waals surface area contributed by atoms with Crippen molar-refractivity contribution >= 4 is 67.6 Å². The topological polar surface area (TPSA) is 6.48 Å². The molecule has 0 aliphatic heterocycles. The standard InChI is InChI=1S/C46H34N2S2/c1-5-13-39(14-6-1)47(40-15-7-2-8-16-40)45-33-31-43(49-45)37-27-23-35(24-28-37)21-22-36-25-29-38(30-26-36)44-32-34-46(50-44)48(41-17-9-3-10-18-41)42-19-11-4-12-20-42/h1-34H. The number of para-hydroxylation sites is 4. The van der Waals surface area contributed by atoms with Gasteiger partial charge in [0, 0.05) is 32.5 Å². The molecule has 2 aromatic heterocycles. The average molecular weight is 679 g/mol. The van der Waals surface area contributed by atoms with Gasteiger partial charge in [0.1, 0.15) is 10.0 Å². The van der Waals surface area contributed by atoms with E-state index in [1.54, 1.807) is 22.7 Å². The van der Waals surface area contributed by atoms with E-state index >= 15 is 0 Å². The Hall–Kier alpha value is -5.94. The molecule has 0 saturated carbocycles. The lowest BCUT2D eigenvalue weighted by Gasteiger charge is -2.23. The van der Waals surface area contributed by atoms with Crippen LogP contribution in [0.2, 0.25) is 0 Å². The molecule has 8 rings (SSSR count). The van der Waals surface area contributed by atoms with Crippen molar-refractivity contribution in [3.8, 4) is 20.9 Å². The Morgan fingerprint density at radius 1 is 0.300 bits per heavy atom. The van der Waals surface area contributed by atoms with Gasteiger partial charge in [-0.25, -0.2) is 0 Å². The third-order valence-electron chi connectivity index (χ3n) is 8.54. The molecule has 50 heavy (non-hydrogen) atoms. The van der Waals surface area contributed by atoms with Crippen molar-refractivity contribution in [2.45, 2.75) is 0 Å². The van der Waals surface area contributed by atoms with E-state index in [-0.39, 0.29) is 0 Å². The predicted octanol–water partition coefficient (Wildman–Crippen LogP) is 14.3. The van der Waals surface area contributed by atoms with Crippen molar-refractivity contribution in [3.63, 3.8) is 0 Å². The molecular formula is C46H34N2S2. The van der Waals surface area contributed by atoms with Crippen LogP contribution in [-0.4, -0.2) is 0 Å². The first kappa shape index (κ1) is 31.3. The molecule has 0 N–H and O–H groups in total. The van der Waals surface area contributed by atoms with Crippen LogP contribution in [0.25, 0.3) is 33.0 Å². The summed E-state index contributed by atoms with van der Waals surface area (Å²) < 4.78 is 0. The summed E-state index contributed by atoms with van der Waals surface area (Å²) in [6.07, 6.45) is 4.37. The highest BCUT2D eigenvalue weighted by molar-refractivity contribution is 7.19. The third kappa shape index (κ3) is 6.94. The zero-order chi connectivity index (χ0) is 33.5. The molecule has 0 spiro atoms. The zero-order valence-corrected chi connectivity index (χ0v) is 29.0. The van der Waals surface area contributed by atoms with Gasteiger partial charge in [0.25, 0.3) is 0 Å². The average Bonchev–Trinajstić information content (AvgIpc) is 3.88. The van der Waals surface area contributed by atoms with Gasteiger partial charge in [-0.1, -0.05) is 133 Å². The first-order valence-corrected chi connectivity index (χ1v) is 18.3. The van der Waals surface area contributed by atoms with Crippen LogP contribution in [0.1, 0.15) is 11.1 Å². The molecule has 0 unspecified atom stereocenters. The van der Waals surface area contributed by atoms with Crippen LogP contribution in [0.5, 0.6) is 0 Å². The van der Waals surface area contributed by atoms with Crippen molar-refractivity contribution in [1.82, 2.24) is 0 Å². The highest BCUT2D eigenvalue weighted by Crippen LogP contribution is 2.43. The van der Waals surface area contributed by atoms with Gasteiger partial charge >= 0.3 is 0 Å². The van der Waals surface area contributed by atoms with E-state index in [2.05, 4.69) is 216 Å². The third-order valence-corrected chi connectivity index (χ3v) is 10.8. The maximum atomic E-state index is 2.32. The van der Waals surface area contributed by atoms with E-state index in [9.17, 15) is 0 Å². The van der Waals surface area contributed by atoms with E-state index in [1.807, 2.05) is 0 Å². The Bertz CT molecular complexity index is 2040. The number of benzene rings is 6. The second kappa shape index (κ2) is 14.7. The van der Waals surface area contributed by atoms with E-state index in [0.29, 0.717) is 0 Å². The fraction of sp³-hybridized carbons (Fsp3) is 0. The highest BCUT2D eigenvalue weighted by Gasteiger charge is 2.16. The SMILES string of the molecule is C(=Cc1ccc(-c2ccc(N(c3ccccc3)c3ccccc3)s2)cc1)c1ccc(-c2ccc(N(c3ccccc3)c3ccccc3)s2)cc1. The number of nitrogens with zero attached hydrogens (tertiary/aromatic N) is 2. The van der Waals surface area contributed by atoms with Crippen LogP contribution >= 0.6 is 22.7 Å². The lowest BCUT2D eigenvalue weighted by atomic mass is 10.1. The second-order valence-corrected chi connectivity index (χ2v) is 14.0. The Morgan fingerprint density at radius 2 is 0.600 bits per heavy atom. The molecular weight excluding hydrogens is 645 g/mol. The number of hydrogen-bond donors (Lipinski definition) is 0. The minimum absolute atomic E-state index is 1.15. The molecule has 8 aromatic rings. The molecule has 0 aliphatic carbocycles. The summed E-state index contributed by atoms with van der Waals surface area (Å²) >= 11 is 3.61. The van der Waals surface area contributed by atoms with Crippen molar-refractivity contribution < 1.29 is 0 Å².